The Labute approximate surface area is 108 Å². The summed E-state index contributed by atoms with van der Waals surface area (Å²) in [5.41, 5.74) is 6.28. The molecule has 1 aromatic heterocycles. The summed E-state index contributed by atoms with van der Waals surface area (Å²) >= 11 is 1.37. The summed E-state index contributed by atoms with van der Waals surface area (Å²) in [6.45, 7) is 1.11. The summed E-state index contributed by atoms with van der Waals surface area (Å²) in [6.07, 6.45) is 0.928. The Morgan fingerprint density at radius 2 is 2.44 bits per heavy atom. The highest BCUT2D eigenvalue weighted by Gasteiger charge is 2.31. The van der Waals surface area contributed by atoms with E-state index in [1.54, 1.807) is 10.3 Å². The maximum atomic E-state index is 11.8. The van der Waals surface area contributed by atoms with Crippen LogP contribution in [0.5, 0.6) is 0 Å². The van der Waals surface area contributed by atoms with E-state index >= 15 is 0 Å². The summed E-state index contributed by atoms with van der Waals surface area (Å²) in [6, 6.07) is 0. The third-order valence-corrected chi connectivity index (χ3v) is 3.82. The van der Waals surface area contributed by atoms with E-state index in [-0.39, 0.29) is 18.2 Å². The first-order valence-corrected chi connectivity index (χ1v) is 6.64. The molecule has 1 amide bonds. The van der Waals surface area contributed by atoms with Crippen LogP contribution in [0.2, 0.25) is 0 Å². The number of amides is 1. The highest BCUT2D eigenvalue weighted by Crippen LogP contribution is 2.27. The number of nitrogens with two attached hydrogens (primary N) is 1. The topological polar surface area (TPSA) is 96.5 Å². The molecule has 3 N–H and O–H groups in total. The van der Waals surface area contributed by atoms with Crippen molar-refractivity contribution in [2.24, 2.45) is 11.7 Å². The lowest BCUT2D eigenvalue weighted by atomic mass is 10.1. The predicted octanol–water partition coefficient (Wildman–Crippen LogP) is 0.472. The van der Waals surface area contributed by atoms with E-state index in [1.807, 2.05) is 0 Å². The smallest absolute Gasteiger partial charge is 0.303 e. The molecule has 1 atom stereocenters. The van der Waals surface area contributed by atoms with Gasteiger partial charge >= 0.3 is 5.97 Å². The Bertz CT molecular complexity index is 460. The normalized spacial score (nSPS) is 19.5. The van der Waals surface area contributed by atoms with Crippen LogP contribution in [0.4, 0.5) is 5.13 Å². The van der Waals surface area contributed by atoms with Gasteiger partial charge < -0.3 is 10.8 Å². The van der Waals surface area contributed by atoms with Crippen molar-refractivity contribution in [1.29, 1.82) is 0 Å². The molecule has 6 nitrogen and oxygen atoms in total. The van der Waals surface area contributed by atoms with E-state index in [1.165, 1.54) is 11.3 Å². The largest absolute Gasteiger partial charge is 0.481 e. The van der Waals surface area contributed by atoms with Gasteiger partial charge in [0.15, 0.2) is 5.13 Å². The van der Waals surface area contributed by atoms with E-state index < -0.39 is 5.97 Å². The number of carboxylic acid groups (broad SMARTS) is 1. The summed E-state index contributed by atoms with van der Waals surface area (Å²) in [4.78, 5) is 28.2. The number of anilines is 1. The second-order valence-electron chi connectivity index (χ2n) is 4.33. The first-order valence-electron chi connectivity index (χ1n) is 5.76. The van der Waals surface area contributed by atoms with E-state index in [9.17, 15) is 9.59 Å². The molecule has 0 aliphatic carbocycles. The second kappa shape index (κ2) is 5.45. The number of carbonyl (C=O) groups excluding carboxylic acids is 1. The van der Waals surface area contributed by atoms with Gasteiger partial charge in [-0.1, -0.05) is 0 Å². The van der Waals surface area contributed by atoms with Crippen molar-refractivity contribution in [3.05, 3.63) is 11.1 Å². The van der Waals surface area contributed by atoms with Gasteiger partial charge in [0.1, 0.15) is 0 Å². The molecule has 0 bridgehead atoms. The molecule has 1 unspecified atom stereocenters. The number of hydrogen-bond acceptors (Lipinski definition) is 5. The molecule has 0 radical (unpaired) electrons. The molecule has 98 valence electrons. The summed E-state index contributed by atoms with van der Waals surface area (Å²) in [5, 5.41) is 11.1. The number of carboxylic acids is 1. The van der Waals surface area contributed by atoms with Gasteiger partial charge in [0.25, 0.3) is 0 Å². The molecule has 7 heteroatoms. The number of aliphatic carboxylic acids is 1. The minimum atomic E-state index is -0.843. The van der Waals surface area contributed by atoms with Gasteiger partial charge in [0.2, 0.25) is 5.91 Å². The molecule has 1 aromatic rings. The fourth-order valence-corrected chi connectivity index (χ4v) is 2.78. The van der Waals surface area contributed by atoms with Gasteiger partial charge in [-0.05, 0) is 12.5 Å². The van der Waals surface area contributed by atoms with E-state index in [2.05, 4.69) is 4.98 Å². The van der Waals surface area contributed by atoms with Crippen molar-refractivity contribution in [2.45, 2.75) is 19.3 Å². The number of carbonyl (C=O) groups is 2. The van der Waals surface area contributed by atoms with Crippen molar-refractivity contribution in [1.82, 2.24) is 4.98 Å². The van der Waals surface area contributed by atoms with Gasteiger partial charge in [-0.3, -0.25) is 14.5 Å². The lowest BCUT2D eigenvalue weighted by Gasteiger charge is -2.11. The maximum Gasteiger partial charge on any atom is 0.303 e. The zero-order valence-corrected chi connectivity index (χ0v) is 10.7. The van der Waals surface area contributed by atoms with Crippen molar-refractivity contribution < 1.29 is 14.7 Å². The van der Waals surface area contributed by atoms with Crippen LogP contribution in [0.15, 0.2) is 5.38 Å². The average Bonchev–Trinajstić information content (AvgIpc) is 2.92. The van der Waals surface area contributed by atoms with Crippen molar-refractivity contribution in [3.8, 4) is 0 Å². The molecule has 18 heavy (non-hydrogen) atoms. The Hall–Kier alpha value is -1.47. The molecular weight excluding hydrogens is 254 g/mol. The van der Waals surface area contributed by atoms with Crippen LogP contribution in [-0.2, 0) is 16.0 Å². The first kappa shape index (κ1) is 13.0. The van der Waals surface area contributed by atoms with Crippen LogP contribution < -0.4 is 10.6 Å². The quantitative estimate of drug-likeness (QED) is 0.810. The minimum absolute atomic E-state index is 0.0459. The van der Waals surface area contributed by atoms with Crippen LogP contribution >= 0.6 is 11.3 Å². The lowest BCUT2D eigenvalue weighted by molar-refractivity contribution is -0.137. The van der Waals surface area contributed by atoms with Crippen molar-refractivity contribution in [3.63, 3.8) is 0 Å². The summed E-state index contributed by atoms with van der Waals surface area (Å²) in [7, 11) is 0. The van der Waals surface area contributed by atoms with Crippen molar-refractivity contribution in [2.75, 3.05) is 18.0 Å². The number of aromatic nitrogens is 1. The van der Waals surface area contributed by atoms with Gasteiger partial charge in [0.05, 0.1) is 12.1 Å². The molecule has 2 heterocycles. The fourth-order valence-electron chi connectivity index (χ4n) is 1.89. The molecule has 0 aromatic carbocycles. The van der Waals surface area contributed by atoms with Crippen LogP contribution in [0.25, 0.3) is 0 Å². The van der Waals surface area contributed by atoms with E-state index in [4.69, 9.17) is 10.8 Å². The molecular formula is C11H15N3O3S. The van der Waals surface area contributed by atoms with Crippen LogP contribution in [-0.4, -0.2) is 35.1 Å². The molecule has 1 aliphatic heterocycles. The maximum absolute atomic E-state index is 11.8. The SMILES string of the molecule is NCC1CC(=O)N(c2nc(CCC(=O)O)cs2)C1. The van der Waals surface area contributed by atoms with Crippen LogP contribution in [0, 0.1) is 5.92 Å². The predicted molar refractivity (Wildman–Crippen MR) is 67.6 cm³/mol. The van der Waals surface area contributed by atoms with Crippen LogP contribution in [0.3, 0.4) is 0 Å². The molecule has 0 saturated carbocycles. The first-order chi connectivity index (χ1) is 8.60. The molecule has 1 aliphatic rings. The van der Waals surface area contributed by atoms with Gasteiger partial charge in [0, 0.05) is 24.8 Å². The third-order valence-electron chi connectivity index (χ3n) is 2.90. The standard InChI is InChI=1S/C11H15N3O3S/c12-4-7-3-9(15)14(5-7)11-13-8(6-18-11)1-2-10(16)17/h6-7H,1-5,12H2,(H,16,17). The number of aryl methyl sites for hydroxylation is 1. The van der Waals surface area contributed by atoms with E-state index in [0.717, 1.165) is 5.69 Å². The zero-order chi connectivity index (χ0) is 13.1. The Morgan fingerprint density at radius 3 is 3.06 bits per heavy atom. The third kappa shape index (κ3) is 2.85. The van der Waals surface area contributed by atoms with Crippen LogP contribution in [0.1, 0.15) is 18.5 Å². The van der Waals surface area contributed by atoms with Crippen molar-refractivity contribution >= 4 is 28.3 Å². The average molecular weight is 269 g/mol. The summed E-state index contributed by atoms with van der Waals surface area (Å²) in [5.74, 6) is -0.599. The van der Waals surface area contributed by atoms with Gasteiger partial charge in [-0.15, -0.1) is 11.3 Å². The molecule has 0 spiro atoms. The lowest BCUT2D eigenvalue weighted by Crippen LogP contribution is -2.25. The fraction of sp³-hybridized carbons (Fsp3) is 0.545. The van der Waals surface area contributed by atoms with E-state index in [0.29, 0.717) is 31.1 Å². The Balaban J connectivity index is 2.01. The summed E-state index contributed by atoms with van der Waals surface area (Å²) < 4.78 is 0. The Morgan fingerprint density at radius 1 is 1.67 bits per heavy atom. The number of hydrogen-bond donors (Lipinski definition) is 2. The number of rotatable bonds is 5. The van der Waals surface area contributed by atoms with Gasteiger partial charge in [-0.2, -0.15) is 0 Å². The minimum Gasteiger partial charge on any atom is -0.481 e. The number of thiazole rings is 1. The highest BCUT2D eigenvalue weighted by atomic mass is 32.1. The molecule has 1 saturated heterocycles. The monoisotopic (exact) mass is 269 g/mol. The zero-order valence-electron chi connectivity index (χ0n) is 9.83. The molecule has 1 fully saturated rings. The second-order valence-corrected chi connectivity index (χ2v) is 5.16. The Kier molecular flexibility index (Phi) is 3.93. The number of nitrogens with zero attached hydrogens (tertiary/aromatic N) is 2. The highest BCUT2D eigenvalue weighted by molar-refractivity contribution is 7.14. The van der Waals surface area contributed by atoms with Gasteiger partial charge in [-0.25, -0.2) is 4.98 Å². The molecule has 2 rings (SSSR count).